The van der Waals surface area contributed by atoms with Gasteiger partial charge in [-0.15, -0.1) is 0 Å². The second-order valence-electron chi connectivity index (χ2n) is 4.23. The molecule has 2 heterocycles. The summed E-state index contributed by atoms with van der Waals surface area (Å²) in [7, 11) is -1.04. The molecule has 96 valence electrons. The van der Waals surface area contributed by atoms with Crippen molar-refractivity contribution in [3.63, 3.8) is 0 Å². The molecule has 0 fully saturated rings. The Labute approximate surface area is 120 Å². The van der Waals surface area contributed by atoms with E-state index < -0.39 is 7.05 Å². The summed E-state index contributed by atoms with van der Waals surface area (Å²) in [5, 5.41) is 23.8. The molecule has 1 aliphatic heterocycles. The lowest BCUT2D eigenvalue weighted by Gasteiger charge is -2.26. The van der Waals surface area contributed by atoms with Crippen molar-refractivity contribution in [2.75, 3.05) is 4.92 Å². The number of nitriles is 1. The van der Waals surface area contributed by atoms with Crippen molar-refractivity contribution in [2.24, 2.45) is 5.10 Å². The quantitative estimate of drug-likeness (QED) is 0.629. The molecule has 1 aromatic heterocycles. The second kappa shape index (κ2) is 4.97. The zero-order chi connectivity index (χ0) is 14.1. The topological polar surface area (TPSA) is 72.5 Å². The van der Waals surface area contributed by atoms with Gasteiger partial charge < -0.3 is 5.02 Å². The van der Waals surface area contributed by atoms with Crippen molar-refractivity contribution < 1.29 is 5.02 Å². The molecule has 0 unspecified atom stereocenters. The first-order chi connectivity index (χ1) is 9.70. The van der Waals surface area contributed by atoms with Crippen LogP contribution in [-0.2, 0) is 0 Å². The van der Waals surface area contributed by atoms with E-state index >= 15 is 0 Å². The Balaban J connectivity index is 2.06. The smallest absolute Gasteiger partial charge is 0.427 e. The van der Waals surface area contributed by atoms with Crippen molar-refractivity contribution >= 4 is 36.0 Å². The maximum atomic E-state index is 10.4. The summed E-state index contributed by atoms with van der Waals surface area (Å²) in [6, 6.07) is 10.6. The van der Waals surface area contributed by atoms with Crippen molar-refractivity contribution in [1.82, 2.24) is 4.98 Å². The van der Waals surface area contributed by atoms with Gasteiger partial charge >= 0.3 is 7.05 Å². The van der Waals surface area contributed by atoms with Crippen LogP contribution in [0.25, 0.3) is 0 Å². The van der Waals surface area contributed by atoms with Crippen LogP contribution in [0.1, 0.15) is 11.1 Å². The number of rotatable bonds is 1. The Hall–Kier alpha value is -2.36. The van der Waals surface area contributed by atoms with Gasteiger partial charge in [-0.3, -0.25) is 4.92 Å². The molecular formula is C13H8BClN4O. The monoisotopic (exact) mass is 282 g/mol. The molecule has 5 nitrogen and oxygen atoms in total. The Morgan fingerprint density at radius 3 is 3.00 bits per heavy atom. The zero-order valence-electron chi connectivity index (χ0n) is 10.2. The maximum Gasteiger partial charge on any atom is 0.474 e. The van der Waals surface area contributed by atoms with E-state index in [2.05, 4.69) is 16.2 Å². The highest BCUT2D eigenvalue weighted by atomic mass is 35.5. The third-order valence-corrected chi connectivity index (χ3v) is 3.33. The van der Waals surface area contributed by atoms with E-state index in [4.69, 9.17) is 16.9 Å². The molecule has 0 saturated carbocycles. The van der Waals surface area contributed by atoms with Crippen LogP contribution in [0.3, 0.4) is 0 Å². The molecule has 2 aromatic rings. The van der Waals surface area contributed by atoms with Crippen molar-refractivity contribution in [3.8, 4) is 6.07 Å². The lowest BCUT2D eigenvalue weighted by Crippen LogP contribution is -2.51. The van der Waals surface area contributed by atoms with Crippen LogP contribution in [-0.4, -0.2) is 23.3 Å². The molecule has 1 N–H and O–H groups in total. The van der Waals surface area contributed by atoms with Crippen LogP contribution in [0, 0.1) is 11.3 Å². The fourth-order valence-corrected chi connectivity index (χ4v) is 2.33. The molecule has 3 rings (SSSR count). The van der Waals surface area contributed by atoms with Crippen LogP contribution in [0.4, 0.5) is 5.69 Å². The van der Waals surface area contributed by atoms with Gasteiger partial charge in [0.05, 0.1) is 17.8 Å². The maximum absolute atomic E-state index is 10.4. The predicted molar refractivity (Wildman–Crippen MR) is 78.1 cm³/mol. The summed E-state index contributed by atoms with van der Waals surface area (Å²) in [5.74, 6) is 0. The third-order valence-electron chi connectivity index (χ3n) is 3.03. The number of hydrogen-bond donors (Lipinski definition) is 1. The molecule has 0 saturated heterocycles. The summed E-state index contributed by atoms with van der Waals surface area (Å²) in [5.41, 5.74) is 2.34. The Bertz CT molecular complexity index is 743. The fraction of sp³-hybridized carbons (Fsp3) is 0. The molecule has 20 heavy (non-hydrogen) atoms. The number of nitrogens with zero attached hydrogens (tertiary/aromatic N) is 4. The number of anilines is 1. The van der Waals surface area contributed by atoms with Crippen LogP contribution >= 0.6 is 11.6 Å². The Morgan fingerprint density at radius 1 is 1.35 bits per heavy atom. The fourth-order valence-electron chi connectivity index (χ4n) is 2.07. The number of halogens is 1. The van der Waals surface area contributed by atoms with Crippen molar-refractivity contribution in [2.45, 2.75) is 0 Å². The summed E-state index contributed by atoms with van der Waals surface area (Å²) < 4.78 is 0. The van der Waals surface area contributed by atoms with E-state index in [1.807, 2.05) is 0 Å². The summed E-state index contributed by atoms with van der Waals surface area (Å²) in [6.07, 6.45) is 3.17. The van der Waals surface area contributed by atoms with E-state index in [9.17, 15) is 5.02 Å². The van der Waals surface area contributed by atoms with Crippen molar-refractivity contribution in [3.05, 3.63) is 52.8 Å². The largest absolute Gasteiger partial charge is 0.474 e. The third kappa shape index (κ3) is 2.03. The summed E-state index contributed by atoms with van der Waals surface area (Å²) >= 11 is 6.04. The molecule has 0 spiro atoms. The first-order valence-corrected chi connectivity index (χ1v) is 6.24. The van der Waals surface area contributed by atoms with E-state index in [0.29, 0.717) is 16.7 Å². The first-order valence-electron chi connectivity index (χ1n) is 5.86. The minimum absolute atomic E-state index is 0.239. The van der Waals surface area contributed by atoms with Gasteiger partial charge in [-0.1, -0.05) is 17.7 Å². The molecule has 0 atom stereocenters. The molecule has 0 bridgehead atoms. The lowest BCUT2D eigenvalue weighted by molar-refractivity contribution is 0.578. The summed E-state index contributed by atoms with van der Waals surface area (Å²) in [6.45, 7) is 0. The van der Waals surface area contributed by atoms with Gasteiger partial charge in [-0.05, 0) is 29.8 Å². The molecular weight excluding hydrogens is 274 g/mol. The van der Waals surface area contributed by atoms with Gasteiger partial charge in [0.2, 0.25) is 0 Å². The predicted octanol–water partition coefficient (Wildman–Crippen LogP) is 1.15. The van der Waals surface area contributed by atoms with Crippen LogP contribution < -0.4 is 10.4 Å². The number of hydrogen-bond acceptors (Lipinski definition) is 5. The number of hydrazone groups is 1. The van der Waals surface area contributed by atoms with E-state index in [1.165, 1.54) is 4.92 Å². The van der Waals surface area contributed by atoms with Gasteiger partial charge in [0, 0.05) is 17.3 Å². The molecule has 1 aliphatic rings. The molecule has 0 aliphatic carbocycles. The van der Waals surface area contributed by atoms with Crippen LogP contribution in [0.2, 0.25) is 5.15 Å². The van der Waals surface area contributed by atoms with Crippen LogP contribution in [0.5, 0.6) is 0 Å². The number of pyridine rings is 1. The standard InChI is InChI=1S/C13H8BClN4O/c15-13-12-10(4-5-17-13)8-18-19(14(12)20)11-3-1-2-9(6-11)7-16/h1-6,8,20H. The normalized spacial score (nSPS) is 13.1. The van der Waals surface area contributed by atoms with Gasteiger partial charge in [0.25, 0.3) is 0 Å². The number of fused-ring (bicyclic) bond motifs is 1. The first kappa shape index (κ1) is 12.7. The van der Waals surface area contributed by atoms with E-state index in [-0.39, 0.29) is 5.15 Å². The zero-order valence-corrected chi connectivity index (χ0v) is 11.0. The van der Waals surface area contributed by atoms with Gasteiger partial charge in [-0.25, -0.2) is 4.98 Å². The van der Waals surface area contributed by atoms with Gasteiger partial charge in [0.1, 0.15) is 5.15 Å². The average molecular weight is 282 g/mol. The van der Waals surface area contributed by atoms with Crippen LogP contribution in [0.15, 0.2) is 41.6 Å². The van der Waals surface area contributed by atoms with E-state index in [1.54, 1.807) is 42.7 Å². The number of aromatic nitrogens is 1. The SMILES string of the molecule is N#Cc1cccc(N2N=Cc3ccnc(Cl)c3B2O)c1. The highest BCUT2D eigenvalue weighted by molar-refractivity contribution is 6.74. The van der Waals surface area contributed by atoms with Crippen molar-refractivity contribution in [1.29, 1.82) is 5.26 Å². The average Bonchev–Trinajstić information content (AvgIpc) is 2.47. The molecule has 7 heteroatoms. The molecule has 0 radical (unpaired) electrons. The second-order valence-corrected chi connectivity index (χ2v) is 4.59. The van der Waals surface area contributed by atoms with Gasteiger partial charge in [-0.2, -0.15) is 10.4 Å². The summed E-state index contributed by atoms with van der Waals surface area (Å²) in [4.78, 5) is 5.37. The number of benzene rings is 1. The molecule has 0 amide bonds. The van der Waals surface area contributed by atoms with E-state index in [0.717, 1.165) is 5.56 Å². The minimum atomic E-state index is -1.04. The Kier molecular flexibility index (Phi) is 3.14. The lowest BCUT2D eigenvalue weighted by atomic mass is 9.70. The highest BCUT2D eigenvalue weighted by Crippen LogP contribution is 2.20. The van der Waals surface area contributed by atoms with Gasteiger partial charge in [0.15, 0.2) is 0 Å². The molecule has 1 aromatic carbocycles. The Morgan fingerprint density at radius 2 is 2.20 bits per heavy atom. The highest BCUT2D eigenvalue weighted by Gasteiger charge is 2.32. The minimum Gasteiger partial charge on any atom is -0.427 e.